The van der Waals surface area contributed by atoms with Crippen LogP contribution < -0.4 is 0 Å². The maximum atomic E-state index is 12.3. The van der Waals surface area contributed by atoms with E-state index in [1.807, 2.05) is 0 Å². The number of Topliss-reactive ketones (excluding diaryl/α,β-unsaturated/α-hetero) is 1. The van der Waals surface area contributed by atoms with Crippen molar-refractivity contribution >= 4 is 36.6 Å². The molecule has 21 heavy (non-hydrogen) atoms. The van der Waals surface area contributed by atoms with Crippen molar-refractivity contribution in [3.8, 4) is 0 Å². The number of ketones is 1. The van der Waals surface area contributed by atoms with Crippen molar-refractivity contribution in [3.05, 3.63) is 70.2 Å². The summed E-state index contributed by atoms with van der Waals surface area (Å²) in [6.45, 7) is 0. The molecule has 106 valence electrons. The van der Waals surface area contributed by atoms with Crippen molar-refractivity contribution in [1.82, 2.24) is 0 Å². The Balaban J connectivity index is 2.51. The molecule has 0 N–H and O–H groups in total. The number of hydrogen-bond donors (Lipinski definition) is 0. The van der Waals surface area contributed by atoms with Crippen LogP contribution >= 0.6 is 15.9 Å². The highest BCUT2D eigenvalue weighted by Gasteiger charge is 2.38. The zero-order chi connectivity index (χ0) is 15.5. The molecular formula is C14H9BrN2O3S. The second kappa shape index (κ2) is 6.13. The molecule has 0 aromatic heterocycles. The summed E-state index contributed by atoms with van der Waals surface area (Å²) in [6.07, 6.45) is 0. The average Bonchev–Trinajstić information content (AvgIpc) is 2.48. The number of nitrogens with zero attached hydrogens (tertiary/aromatic N) is 2. The van der Waals surface area contributed by atoms with Crippen LogP contribution in [0, 0.1) is 0 Å². The van der Waals surface area contributed by atoms with Crippen molar-refractivity contribution in [2.45, 2.75) is 4.90 Å². The quantitative estimate of drug-likeness (QED) is 0.275. The summed E-state index contributed by atoms with van der Waals surface area (Å²) in [6, 6.07) is 13.5. The fourth-order valence-corrected chi connectivity index (χ4v) is 3.29. The molecule has 2 aromatic carbocycles. The van der Waals surface area contributed by atoms with Crippen LogP contribution in [0.15, 0.2) is 64.0 Å². The maximum absolute atomic E-state index is 12.3. The van der Waals surface area contributed by atoms with Gasteiger partial charge in [0.05, 0.1) is 4.90 Å². The van der Waals surface area contributed by atoms with Crippen LogP contribution in [0.5, 0.6) is 0 Å². The SMILES string of the molecule is [N-]=[N+]=C(C(=O)c1cccc(Br)c1)S(=O)(=O)c1ccccc1. The fraction of sp³-hybridized carbons (Fsp3) is 0. The molecule has 0 aliphatic rings. The summed E-state index contributed by atoms with van der Waals surface area (Å²) >= 11 is 3.19. The van der Waals surface area contributed by atoms with Gasteiger partial charge < -0.3 is 5.53 Å². The van der Waals surface area contributed by atoms with E-state index in [1.54, 1.807) is 18.2 Å². The van der Waals surface area contributed by atoms with Crippen LogP contribution in [0.2, 0.25) is 0 Å². The standard InChI is InChI=1S/C14H9BrN2O3S/c15-11-6-4-5-10(9-11)13(18)14(17-16)21(19,20)12-7-2-1-3-8-12/h1-9H. The first-order valence-corrected chi connectivity index (χ1v) is 8.07. The van der Waals surface area contributed by atoms with Gasteiger partial charge in [0, 0.05) is 10.0 Å². The van der Waals surface area contributed by atoms with Crippen molar-refractivity contribution in [3.63, 3.8) is 0 Å². The van der Waals surface area contributed by atoms with E-state index in [0.29, 0.717) is 4.47 Å². The molecule has 0 radical (unpaired) electrons. The van der Waals surface area contributed by atoms with Crippen LogP contribution in [-0.2, 0) is 9.84 Å². The Morgan fingerprint density at radius 2 is 1.71 bits per heavy atom. The molecule has 0 saturated carbocycles. The highest BCUT2D eigenvalue weighted by atomic mass is 79.9. The van der Waals surface area contributed by atoms with Gasteiger partial charge in [-0.25, -0.2) is 8.42 Å². The lowest BCUT2D eigenvalue weighted by Gasteiger charge is -2.00. The number of halogens is 1. The first kappa shape index (κ1) is 15.3. The van der Waals surface area contributed by atoms with Gasteiger partial charge in [-0.2, -0.15) is 0 Å². The lowest BCUT2D eigenvalue weighted by Crippen LogP contribution is -2.26. The molecule has 0 amide bonds. The predicted octanol–water partition coefficient (Wildman–Crippen LogP) is 2.73. The van der Waals surface area contributed by atoms with E-state index < -0.39 is 20.7 Å². The van der Waals surface area contributed by atoms with E-state index in [-0.39, 0.29) is 10.5 Å². The third-order valence-electron chi connectivity index (χ3n) is 2.68. The minimum atomic E-state index is -4.18. The number of carbonyl (C=O) groups is 1. The van der Waals surface area contributed by atoms with E-state index in [4.69, 9.17) is 5.53 Å². The number of hydrogen-bond acceptors (Lipinski definition) is 3. The minimum Gasteiger partial charge on any atom is -0.360 e. The van der Waals surface area contributed by atoms with Crippen molar-refractivity contribution in [1.29, 1.82) is 0 Å². The van der Waals surface area contributed by atoms with Crippen LogP contribution in [0.1, 0.15) is 10.4 Å². The van der Waals surface area contributed by atoms with Gasteiger partial charge in [0.2, 0.25) is 0 Å². The Labute approximate surface area is 129 Å². The van der Waals surface area contributed by atoms with Gasteiger partial charge in [-0.3, -0.25) is 4.79 Å². The van der Waals surface area contributed by atoms with Gasteiger partial charge in [-0.15, -0.1) is 4.79 Å². The Hall–Kier alpha value is -2.08. The van der Waals surface area contributed by atoms with Crippen LogP contribution in [0.25, 0.3) is 5.53 Å². The Bertz CT molecular complexity index is 842. The molecule has 2 aromatic rings. The molecule has 0 spiro atoms. The predicted molar refractivity (Wildman–Crippen MR) is 80.7 cm³/mol. The Morgan fingerprint density at radius 3 is 2.29 bits per heavy atom. The molecule has 0 unspecified atom stereocenters. The molecule has 0 heterocycles. The van der Waals surface area contributed by atoms with Crippen LogP contribution in [-0.4, -0.2) is 24.0 Å². The first-order valence-electron chi connectivity index (χ1n) is 5.79. The summed E-state index contributed by atoms with van der Waals surface area (Å²) in [4.78, 5) is 14.9. The highest BCUT2D eigenvalue weighted by Crippen LogP contribution is 2.17. The molecule has 0 aliphatic heterocycles. The van der Waals surface area contributed by atoms with Gasteiger partial charge in [0.1, 0.15) is 0 Å². The second-order valence-corrected chi connectivity index (χ2v) is 6.84. The van der Waals surface area contributed by atoms with Crippen molar-refractivity contribution in [2.75, 3.05) is 0 Å². The lowest BCUT2D eigenvalue weighted by atomic mass is 10.1. The molecule has 2 rings (SSSR count). The highest BCUT2D eigenvalue weighted by molar-refractivity contribution is 9.10. The van der Waals surface area contributed by atoms with E-state index in [2.05, 4.69) is 20.7 Å². The van der Waals surface area contributed by atoms with Crippen molar-refractivity contribution in [2.24, 2.45) is 0 Å². The molecule has 5 nitrogen and oxygen atoms in total. The minimum absolute atomic E-state index is 0.108. The summed E-state index contributed by atoms with van der Waals surface area (Å²) in [5, 5.41) is -0.910. The third kappa shape index (κ3) is 3.16. The van der Waals surface area contributed by atoms with Crippen LogP contribution in [0.3, 0.4) is 0 Å². The maximum Gasteiger partial charge on any atom is 0.456 e. The first-order chi connectivity index (χ1) is 9.96. The van der Waals surface area contributed by atoms with Gasteiger partial charge in [0.15, 0.2) is 0 Å². The smallest absolute Gasteiger partial charge is 0.360 e. The van der Waals surface area contributed by atoms with Gasteiger partial charge in [-0.05, 0) is 24.3 Å². The summed E-state index contributed by atoms with van der Waals surface area (Å²) < 4.78 is 25.3. The average molecular weight is 365 g/mol. The van der Waals surface area contributed by atoms with Crippen LogP contribution in [0.4, 0.5) is 0 Å². The number of benzene rings is 2. The lowest BCUT2D eigenvalue weighted by molar-refractivity contribution is -0.00158. The topological polar surface area (TPSA) is 87.6 Å². The Kier molecular flexibility index (Phi) is 4.47. The second-order valence-electron chi connectivity index (χ2n) is 4.06. The summed E-state index contributed by atoms with van der Waals surface area (Å²) in [5.74, 6) is -0.873. The van der Waals surface area contributed by atoms with Gasteiger partial charge in [-0.1, -0.05) is 46.3 Å². The molecule has 0 saturated heterocycles. The fourth-order valence-electron chi connectivity index (χ4n) is 1.69. The van der Waals surface area contributed by atoms with Gasteiger partial charge >= 0.3 is 5.04 Å². The molecule has 0 aliphatic carbocycles. The monoisotopic (exact) mass is 364 g/mol. The third-order valence-corrected chi connectivity index (χ3v) is 4.84. The zero-order valence-corrected chi connectivity index (χ0v) is 13.0. The van der Waals surface area contributed by atoms with E-state index in [9.17, 15) is 13.2 Å². The zero-order valence-electron chi connectivity index (χ0n) is 10.6. The number of sulfone groups is 1. The summed E-state index contributed by atoms with van der Waals surface area (Å²) in [7, 11) is -4.18. The van der Waals surface area contributed by atoms with E-state index >= 15 is 0 Å². The number of carbonyl (C=O) groups excluding carboxylic acids is 1. The Morgan fingerprint density at radius 1 is 1.05 bits per heavy atom. The molecule has 0 fully saturated rings. The normalized spacial score (nSPS) is 10.7. The molecule has 0 atom stereocenters. The molecule has 7 heteroatoms. The summed E-state index contributed by atoms with van der Waals surface area (Å²) in [5.41, 5.74) is 9.11. The van der Waals surface area contributed by atoms with E-state index in [0.717, 1.165) is 0 Å². The van der Waals surface area contributed by atoms with E-state index in [1.165, 1.54) is 36.4 Å². The van der Waals surface area contributed by atoms with Crippen molar-refractivity contribution < 1.29 is 18.0 Å². The van der Waals surface area contributed by atoms with Gasteiger partial charge in [0.25, 0.3) is 15.6 Å². The molecule has 0 bridgehead atoms. The molecular weight excluding hydrogens is 356 g/mol. The largest absolute Gasteiger partial charge is 0.456 e. The number of rotatable bonds is 3.